The lowest BCUT2D eigenvalue weighted by Crippen LogP contribution is -2.15. The molecular formula is C11H13FN4. The van der Waals surface area contributed by atoms with Crippen molar-refractivity contribution in [2.24, 2.45) is 12.8 Å². The van der Waals surface area contributed by atoms with Crippen LogP contribution < -0.4 is 5.73 Å². The fourth-order valence-electron chi connectivity index (χ4n) is 1.51. The minimum Gasteiger partial charge on any atom is -0.322 e. The van der Waals surface area contributed by atoms with Gasteiger partial charge in [0, 0.05) is 19.7 Å². The van der Waals surface area contributed by atoms with Gasteiger partial charge in [-0.2, -0.15) is 5.10 Å². The van der Waals surface area contributed by atoms with Crippen LogP contribution in [-0.2, 0) is 13.5 Å². The predicted octanol–water partition coefficient (Wildman–Crippen LogP) is 1.20. The molecule has 0 aliphatic carbocycles. The number of hydrogen-bond donors (Lipinski definition) is 1. The van der Waals surface area contributed by atoms with Gasteiger partial charge in [0.15, 0.2) is 0 Å². The molecule has 4 nitrogen and oxygen atoms in total. The molecule has 2 N–H and O–H groups in total. The normalized spacial score (nSPS) is 12.7. The molecule has 0 aliphatic rings. The lowest BCUT2D eigenvalue weighted by Gasteiger charge is -2.08. The van der Waals surface area contributed by atoms with Crippen LogP contribution in [0.2, 0.25) is 0 Å². The lowest BCUT2D eigenvalue weighted by molar-refractivity contribution is 0.609. The average molecular weight is 220 g/mol. The third-order valence-electron chi connectivity index (χ3n) is 2.33. The van der Waals surface area contributed by atoms with Crippen molar-refractivity contribution in [3.05, 3.63) is 47.8 Å². The van der Waals surface area contributed by atoms with Crippen LogP contribution in [0.5, 0.6) is 0 Å². The summed E-state index contributed by atoms with van der Waals surface area (Å²) in [4.78, 5) is 3.95. The van der Waals surface area contributed by atoms with Crippen molar-refractivity contribution in [2.75, 3.05) is 0 Å². The molecule has 16 heavy (non-hydrogen) atoms. The molecule has 2 aromatic rings. The van der Waals surface area contributed by atoms with Crippen LogP contribution in [-0.4, -0.2) is 14.8 Å². The van der Waals surface area contributed by atoms with Gasteiger partial charge in [0.1, 0.15) is 5.82 Å². The number of rotatable bonds is 3. The Hall–Kier alpha value is -1.75. The van der Waals surface area contributed by atoms with E-state index in [9.17, 15) is 4.39 Å². The Kier molecular flexibility index (Phi) is 2.96. The zero-order valence-electron chi connectivity index (χ0n) is 8.97. The van der Waals surface area contributed by atoms with Gasteiger partial charge in [-0.3, -0.25) is 9.67 Å². The predicted molar refractivity (Wildman–Crippen MR) is 58.0 cm³/mol. The molecule has 2 rings (SSSR count). The molecule has 1 unspecified atom stereocenters. The molecule has 0 radical (unpaired) electrons. The van der Waals surface area contributed by atoms with Gasteiger partial charge in [0.05, 0.1) is 23.6 Å². The second kappa shape index (κ2) is 4.40. The van der Waals surface area contributed by atoms with Crippen LogP contribution >= 0.6 is 0 Å². The molecule has 0 saturated heterocycles. The van der Waals surface area contributed by atoms with Crippen molar-refractivity contribution in [1.29, 1.82) is 0 Å². The zero-order chi connectivity index (χ0) is 11.5. The number of aryl methyl sites for hydroxylation is 1. The van der Waals surface area contributed by atoms with E-state index in [1.54, 1.807) is 10.7 Å². The number of pyridine rings is 1. The highest BCUT2D eigenvalue weighted by atomic mass is 19.1. The molecule has 0 aromatic carbocycles. The summed E-state index contributed by atoms with van der Waals surface area (Å²) < 4.78 is 14.4. The van der Waals surface area contributed by atoms with Crippen molar-refractivity contribution >= 4 is 0 Å². The topological polar surface area (TPSA) is 56.7 Å². The van der Waals surface area contributed by atoms with E-state index in [0.717, 1.165) is 5.69 Å². The van der Waals surface area contributed by atoms with Gasteiger partial charge in [-0.25, -0.2) is 4.39 Å². The SMILES string of the molecule is Cn1ccc(CC(N)c2ccc(F)cn2)n1. The van der Waals surface area contributed by atoms with E-state index < -0.39 is 0 Å². The van der Waals surface area contributed by atoms with Crippen LogP contribution in [0.4, 0.5) is 4.39 Å². The fraction of sp³-hybridized carbons (Fsp3) is 0.273. The van der Waals surface area contributed by atoms with Gasteiger partial charge in [0.2, 0.25) is 0 Å². The maximum atomic E-state index is 12.7. The molecule has 2 aromatic heterocycles. The summed E-state index contributed by atoms with van der Waals surface area (Å²) in [5, 5.41) is 4.23. The van der Waals surface area contributed by atoms with Crippen LogP contribution in [0.1, 0.15) is 17.4 Å². The standard InChI is InChI=1S/C11H13FN4/c1-16-5-4-9(15-16)6-10(13)11-3-2-8(12)7-14-11/h2-5,7,10H,6,13H2,1H3. The number of aromatic nitrogens is 3. The van der Waals surface area contributed by atoms with E-state index in [4.69, 9.17) is 5.73 Å². The third-order valence-corrected chi connectivity index (χ3v) is 2.33. The number of halogens is 1. The monoisotopic (exact) mass is 220 g/mol. The first kappa shape index (κ1) is 10.8. The first-order valence-electron chi connectivity index (χ1n) is 5.00. The second-order valence-corrected chi connectivity index (χ2v) is 3.69. The first-order chi connectivity index (χ1) is 7.65. The molecule has 84 valence electrons. The van der Waals surface area contributed by atoms with Gasteiger partial charge >= 0.3 is 0 Å². The molecule has 5 heteroatoms. The van der Waals surface area contributed by atoms with Crippen molar-refractivity contribution in [1.82, 2.24) is 14.8 Å². The molecule has 1 atom stereocenters. The first-order valence-corrected chi connectivity index (χ1v) is 5.00. The Morgan fingerprint density at radius 2 is 2.25 bits per heavy atom. The summed E-state index contributed by atoms with van der Waals surface area (Å²) in [6.07, 6.45) is 3.63. The average Bonchev–Trinajstić information content (AvgIpc) is 2.65. The van der Waals surface area contributed by atoms with Crippen molar-refractivity contribution in [3.8, 4) is 0 Å². The van der Waals surface area contributed by atoms with Gasteiger partial charge in [0.25, 0.3) is 0 Å². The van der Waals surface area contributed by atoms with E-state index in [2.05, 4.69) is 10.1 Å². The van der Waals surface area contributed by atoms with Crippen LogP contribution in [0.15, 0.2) is 30.6 Å². The highest BCUT2D eigenvalue weighted by Crippen LogP contribution is 2.12. The summed E-state index contributed by atoms with van der Waals surface area (Å²) in [5.41, 5.74) is 7.53. The Morgan fingerprint density at radius 1 is 1.44 bits per heavy atom. The largest absolute Gasteiger partial charge is 0.322 e. The fourth-order valence-corrected chi connectivity index (χ4v) is 1.51. The van der Waals surface area contributed by atoms with Crippen molar-refractivity contribution in [2.45, 2.75) is 12.5 Å². The van der Waals surface area contributed by atoms with E-state index in [0.29, 0.717) is 12.1 Å². The Bertz CT molecular complexity index is 463. The minimum atomic E-state index is -0.353. The second-order valence-electron chi connectivity index (χ2n) is 3.69. The Balaban J connectivity index is 2.08. The molecule has 0 aliphatic heterocycles. The van der Waals surface area contributed by atoms with E-state index in [1.165, 1.54) is 12.3 Å². The summed E-state index contributed by atoms with van der Waals surface area (Å²) >= 11 is 0. The number of nitrogens with zero attached hydrogens (tertiary/aromatic N) is 3. The summed E-state index contributed by atoms with van der Waals surface area (Å²) in [7, 11) is 1.85. The smallest absolute Gasteiger partial charge is 0.141 e. The third kappa shape index (κ3) is 2.43. The molecule has 0 spiro atoms. The summed E-state index contributed by atoms with van der Waals surface area (Å²) in [6, 6.07) is 4.61. The molecule has 2 heterocycles. The molecule has 0 amide bonds. The minimum absolute atomic E-state index is 0.254. The highest BCUT2D eigenvalue weighted by molar-refractivity contribution is 5.12. The summed E-state index contributed by atoms with van der Waals surface area (Å²) in [5.74, 6) is -0.353. The van der Waals surface area contributed by atoms with E-state index in [-0.39, 0.29) is 11.9 Å². The van der Waals surface area contributed by atoms with Crippen LogP contribution in [0.3, 0.4) is 0 Å². The van der Waals surface area contributed by atoms with Gasteiger partial charge in [-0.1, -0.05) is 0 Å². The maximum Gasteiger partial charge on any atom is 0.141 e. The maximum absolute atomic E-state index is 12.7. The quantitative estimate of drug-likeness (QED) is 0.845. The van der Waals surface area contributed by atoms with Crippen molar-refractivity contribution in [3.63, 3.8) is 0 Å². The van der Waals surface area contributed by atoms with Gasteiger partial charge < -0.3 is 5.73 Å². The van der Waals surface area contributed by atoms with Crippen molar-refractivity contribution < 1.29 is 4.39 Å². The number of nitrogens with two attached hydrogens (primary N) is 1. The van der Waals surface area contributed by atoms with Gasteiger partial charge in [-0.15, -0.1) is 0 Å². The number of hydrogen-bond acceptors (Lipinski definition) is 3. The molecular weight excluding hydrogens is 207 g/mol. The molecule has 0 saturated carbocycles. The summed E-state index contributed by atoms with van der Waals surface area (Å²) in [6.45, 7) is 0. The van der Waals surface area contributed by atoms with Crippen LogP contribution in [0, 0.1) is 5.82 Å². The highest BCUT2D eigenvalue weighted by Gasteiger charge is 2.10. The van der Waals surface area contributed by atoms with Crippen LogP contribution in [0.25, 0.3) is 0 Å². The van der Waals surface area contributed by atoms with E-state index in [1.807, 2.05) is 19.3 Å². The van der Waals surface area contributed by atoms with E-state index >= 15 is 0 Å². The Labute approximate surface area is 92.9 Å². The molecule has 0 fully saturated rings. The van der Waals surface area contributed by atoms with Gasteiger partial charge in [-0.05, 0) is 18.2 Å². The Morgan fingerprint density at radius 3 is 2.81 bits per heavy atom. The lowest BCUT2D eigenvalue weighted by atomic mass is 10.1. The zero-order valence-corrected chi connectivity index (χ0v) is 8.97. The molecule has 0 bridgehead atoms.